The van der Waals surface area contributed by atoms with Crippen LogP contribution in [0, 0.1) is 0 Å². The van der Waals surface area contributed by atoms with Gasteiger partial charge in [-0.15, -0.1) is 0 Å². The number of rotatable bonds is 10. The number of benzene rings is 1. The van der Waals surface area contributed by atoms with Crippen molar-refractivity contribution in [2.75, 3.05) is 18.5 Å². The molecule has 2 aliphatic rings. The Morgan fingerprint density at radius 2 is 1.92 bits per heavy atom. The van der Waals surface area contributed by atoms with Gasteiger partial charge in [-0.1, -0.05) is 15.9 Å². The number of halogens is 1. The molecule has 2 saturated heterocycles. The van der Waals surface area contributed by atoms with E-state index in [1.54, 1.807) is 54.9 Å². The summed E-state index contributed by atoms with van der Waals surface area (Å²) in [6.07, 6.45) is 0.910. The fraction of sp³-hybridized carbons (Fsp3) is 0.520. The highest BCUT2D eigenvalue weighted by molar-refractivity contribution is 9.10. The van der Waals surface area contributed by atoms with Crippen LogP contribution in [0.25, 0.3) is 0 Å². The Labute approximate surface area is 228 Å². The van der Waals surface area contributed by atoms with Crippen LogP contribution in [0.2, 0.25) is 0 Å². The minimum Gasteiger partial charge on any atom is -0.480 e. The third-order valence-electron chi connectivity index (χ3n) is 6.27. The van der Waals surface area contributed by atoms with Crippen LogP contribution in [0.4, 0.5) is 5.82 Å². The molecular weight excluding hydrogens is 562 g/mol. The van der Waals surface area contributed by atoms with Crippen LogP contribution in [0.5, 0.6) is 0 Å². The molecule has 4 rings (SSSR count). The van der Waals surface area contributed by atoms with E-state index in [0.717, 1.165) is 4.47 Å². The molecule has 0 saturated carbocycles. The van der Waals surface area contributed by atoms with Gasteiger partial charge in [-0.3, -0.25) is 19.1 Å². The number of hydrogen-bond acceptors (Lipinski definition) is 9. The van der Waals surface area contributed by atoms with Gasteiger partial charge in [0.15, 0.2) is 12.0 Å². The number of nitrogens with zero attached hydrogens (tertiary/aromatic N) is 3. The van der Waals surface area contributed by atoms with Crippen molar-refractivity contribution in [2.24, 2.45) is 10.7 Å². The number of fused-ring (bicyclic) bond motifs is 1. The molecule has 0 bridgehead atoms. The fourth-order valence-corrected chi connectivity index (χ4v) is 4.67. The van der Waals surface area contributed by atoms with Crippen LogP contribution in [-0.2, 0) is 19.0 Å². The predicted octanol–water partition coefficient (Wildman–Crippen LogP) is 1.79. The average Bonchev–Trinajstić information content (AvgIpc) is 3.36. The first-order valence-corrected chi connectivity index (χ1v) is 13.1. The predicted molar refractivity (Wildman–Crippen MR) is 139 cm³/mol. The number of carboxylic acid groups (broad SMARTS) is 1. The molecule has 1 unspecified atom stereocenters. The van der Waals surface area contributed by atoms with Gasteiger partial charge < -0.3 is 35.5 Å². The highest BCUT2D eigenvalue weighted by atomic mass is 79.9. The van der Waals surface area contributed by atoms with Gasteiger partial charge in [0.2, 0.25) is 5.62 Å². The second kappa shape index (κ2) is 12.0. The first-order valence-electron chi connectivity index (χ1n) is 12.3. The van der Waals surface area contributed by atoms with Crippen LogP contribution >= 0.6 is 15.9 Å². The van der Waals surface area contributed by atoms with Crippen molar-refractivity contribution in [1.82, 2.24) is 9.55 Å². The first kappa shape index (κ1) is 28.3. The number of carboxylic acids is 1. The van der Waals surface area contributed by atoms with E-state index in [-0.39, 0.29) is 24.0 Å². The monoisotopic (exact) mass is 593 g/mol. The number of aliphatic hydroxyl groups is 1. The highest BCUT2D eigenvalue weighted by Crippen LogP contribution is 2.42. The third-order valence-corrected chi connectivity index (χ3v) is 6.79. The third kappa shape index (κ3) is 6.65. The maximum absolute atomic E-state index is 12.7. The molecule has 206 valence electrons. The molecule has 0 aliphatic carbocycles. The molecule has 1 aromatic heterocycles. The summed E-state index contributed by atoms with van der Waals surface area (Å²) in [5, 5.41) is 21.6. The number of nitrogens with two attached hydrogens (primary N) is 1. The van der Waals surface area contributed by atoms with Gasteiger partial charge in [0.1, 0.15) is 30.2 Å². The molecule has 2 aromatic rings. The Bertz CT molecular complexity index is 1220. The molecule has 38 heavy (non-hydrogen) atoms. The van der Waals surface area contributed by atoms with E-state index in [2.05, 4.69) is 31.2 Å². The lowest BCUT2D eigenvalue weighted by molar-refractivity contribution is -0.200. The van der Waals surface area contributed by atoms with Crippen LogP contribution in [-0.4, -0.2) is 74.9 Å². The molecule has 1 aromatic carbocycles. The summed E-state index contributed by atoms with van der Waals surface area (Å²) >= 11 is 3.35. The summed E-state index contributed by atoms with van der Waals surface area (Å²) < 4.78 is 20.7. The Hall–Kier alpha value is -2.68. The number of carbonyl (C=O) groups excluding carboxylic acids is 1. The zero-order valence-corrected chi connectivity index (χ0v) is 22.7. The van der Waals surface area contributed by atoms with Gasteiger partial charge in [-0.25, -0.2) is 0 Å². The molecule has 13 heteroatoms. The molecule has 2 aliphatic heterocycles. The van der Waals surface area contributed by atoms with E-state index >= 15 is 0 Å². The summed E-state index contributed by atoms with van der Waals surface area (Å²) in [6.45, 7) is 3.69. The van der Waals surface area contributed by atoms with Crippen molar-refractivity contribution in [2.45, 2.75) is 69.5 Å². The molecule has 3 heterocycles. The van der Waals surface area contributed by atoms with Gasteiger partial charge in [-0.2, -0.15) is 4.98 Å². The standard InChI is InChI=1S/C25H32BrN5O7/c1-25(2)37-19-17(13-32)36-22(20(19)38-25)31-12-10-18(29-21(33)14-6-8-15(26)9-7-14)30-24(31)28-11-4-3-5-16(27)23(34)35/h6-10,12,16-17,19-20,22,32H,3-5,11,13,27H2,1-2H3,(H,34,35)(H,28,29,30,33)/t16?,17-,19-,20-,22-/m1/s1. The number of aliphatic carboxylic acids is 1. The van der Waals surface area contributed by atoms with Gasteiger partial charge in [0.25, 0.3) is 5.91 Å². The Balaban J connectivity index is 1.58. The molecular formula is C25H32BrN5O7. The maximum Gasteiger partial charge on any atom is 0.320 e. The average molecular weight is 594 g/mol. The summed E-state index contributed by atoms with van der Waals surface area (Å²) in [5.74, 6) is -1.93. The summed E-state index contributed by atoms with van der Waals surface area (Å²) in [6, 6.07) is 7.64. The van der Waals surface area contributed by atoms with Crippen LogP contribution in [0.1, 0.15) is 49.7 Å². The second-order valence-electron chi connectivity index (χ2n) is 9.62. The number of aromatic nitrogens is 2. The number of aliphatic hydroxyl groups excluding tert-OH is 1. The molecule has 1 amide bonds. The summed E-state index contributed by atoms with van der Waals surface area (Å²) in [5.41, 5.74) is 6.32. The topological polar surface area (TPSA) is 171 Å². The van der Waals surface area contributed by atoms with Crippen molar-refractivity contribution < 1.29 is 34.0 Å². The number of nitrogens with one attached hydrogen (secondary N) is 1. The van der Waals surface area contributed by atoms with Crippen LogP contribution in [0.15, 0.2) is 46.0 Å². The lowest BCUT2D eigenvalue weighted by atomic mass is 10.1. The van der Waals surface area contributed by atoms with Gasteiger partial charge in [0.05, 0.1) is 6.61 Å². The Kier molecular flexibility index (Phi) is 8.96. The fourth-order valence-electron chi connectivity index (χ4n) is 4.40. The molecule has 2 fully saturated rings. The lowest BCUT2D eigenvalue weighted by Gasteiger charge is -2.25. The van der Waals surface area contributed by atoms with E-state index in [1.165, 1.54) is 0 Å². The zero-order valence-electron chi connectivity index (χ0n) is 21.1. The molecule has 0 spiro atoms. The van der Waals surface area contributed by atoms with Crippen molar-refractivity contribution in [3.63, 3.8) is 0 Å². The number of unbranched alkanes of at least 4 members (excludes halogenated alkanes) is 1. The van der Waals surface area contributed by atoms with E-state index in [0.29, 0.717) is 31.4 Å². The molecule has 12 nitrogen and oxygen atoms in total. The quantitative estimate of drug-likeness (QED) is 0.300. The molecule has 5 N–H and O–H groups in total. The van der Waals surface area contributed by atoms with Crippen LogP contribution in [0.3, 0.4) is 0 Å². The zero-order chi connectivity index (χ0) is 27.4. The molecule has 0 radical (unpaired) electrons. The van der Waals surface area contributed by atoms with E-state index in [4.69, 9.17) is 25.1 Å². The number of hydrogen-bond donors (Lipinski definition) is 4. The minimum absolute atomic E-state index is 0.247. The van der Waals surface area contributed by atoms with E-state index < -0.39 is 42.3 Å². The van der Waals surface area contributed by atoms with Crippen LogP contribution < -0.4 is 16.7 Å². The number of anilines is 1. The SMILES string of the molecule is CC1(C)O[C@@H]2[C@H](O1)[C@@H](CO)O[C@H]2n1ccc(NC(=O)c2ccc(Br)cc2)nc1=NCCCCC(N)C(=O)O. The normalized spacial score (nSPS) is 25.2. The van der Waals surface area contributed by atoms with Gasteiger partial charge in [-0.05, 0) is 63.4 Å². The van der Waals surface area contributed by atoms with Gasteiger partial charge in [0, 0.05) is 22.8 Å². The number of amides is 1. The maximum atomic E-state index is 12.7. The smallest absolute Gasteiger partial charge is 0.320 e. The van der Waals surface area contributed by atoms with Crippen molar-refractivity contribution in [1.29, 1.82) is 0 Å². The number of ether oxygens (including phenoxy) is 3. The van der Waals surface area contributed by atoms with Gasteiger partial charge >= 0.3 is 5.97 Å². The molecule has 5 atom stereocenters. The van der Waals surface area contributed by atoms with Crippen molar-refractivity contribution in [3.05, 3.63) is 52.2 Å². The second-order valence-corrected chi connectivity index (χ2v) is 10.5. The Morgan fingerprint density at radius 3 is 2.61 bits per heavy atom. The van der Waals surface area contributed by atoms with E-state index in [1.807, 2.05) is 0 Å². The highest BCUT2D eigenvalue weighted by Gasteiger charge is 2.55. The number of carbonyl (C=O) groups is 2. The van der Waals surface area contributed by atoms with Crippen molar-refractivity contribution in [3.8, 4) is 0 Å². The Morgan fingerprint density at radius 1 is 1.21 bits per heavy atom. The van der Waals surface area contributed by atoms with E-state index in [9.17, 15) is 14.7 Å². The van der Waals surface area contributed by atoms with Crippen molar-refractivity contribution >= 4 is 33.6 Å². The summed E-state index contributed by atoms with van der Waals surface area (Å²) in [4.78, 5) is 32.9. The summed E-state index contributed by atoms with van der Waals surface area (Å²) in [7, 11) is 0. The lowest BCUT2D eigenvalue weighted by Crippen LogP contribution is -2.36. The largest absolute Gasteiger partial charge is 0.480 e. The first-order chi connectivity index (χ1) is 18.1. The minimum atomic E-state index is -1.04.